The van der Waals surface area contributed by atoms with Crippen LogP contribution in [0, 0.1) is 0 Å². The Hall–Kier alpha value is -1.79. The number of rotatable bonds is 6. The van der Waals surface area contributed by atoms with Gasteiger partial charge in [-0.2, -0.15) is 11.8 Å². The molecule has 2 heterocycles. The Morgan fingerprint density at radius 2 is 2.17 bits per heavy atom. The van der Waals surface area contributed by atoms with Crippen molar-refractivity contribution in [3.63, 3.8) is 0 Å². The molecule has 0 aliphatic carbocycles. The van der Waals surface area contributed by atoms with Crippen LogP contribution in [0.5, 0.6) is 0 Å². The van der Waals surface area contributed by atoms with Crippen molar-refractivity contribution >= 4 is 39.9 Å². The average molecular weight is 344 g/mol. The molecule has 128 valence electrons. The van der Waals surface area contributed by atoms with Crippen LogP contribution in [0.25, 0.3) is 10.9 Å². The number of nitrogens with zero attached hydrogens (tertiary/aromatic N) is 2. The minimum Gasteiger partial charge on any atom is -0.370 e. The summed E-state index contributed by atoms with van der Waals surface area (Å²) in [6.45, 7) is 2.13. The lowest BCUT2D eigenvalue weighted by Crippen LogP contribution is -2.36. The number of aromatic nitrogens is 1. The molecule has 1 aromatic carbocycles. The molecule has 3 N–H and O–H groups in total. The molecule has 5 nitrogen and oxygen atoms in total. The second kappa shape index (κ2) is 7.85. The van der Waals surface area contributed by atoms with E-state index in [1.807, 2.05) is 24.5 Å². The van der Waals surface area contributed by atoms with Crippen molar-refractivity contribution in [1.82, 2.24) is 4.98 Å². The Balaban J connectivity index is 1.87. The summed E-state index contributed by atoms with van der Waals surface area (Å²) in [6, 6.07) is 7.45. The van der Waals surface area contributed by atoms with Crippen molar-refractivity contribution in [3.8, 4) is 0 Å². The molecule has 24 heavy (non-hydrogen) atoms. The van der Waals surface area contributed by atoms with E-state index in [2.05, 4.69) is 21.3 Å². The minimum atomic E-state index is -0.484. The zero-order valence-corrected chi connectivity index (χ0v) is 14.8. The maximum atomic E-state index is 12.3. The van der Waals surface area contributed by atoms with Crippen LogP contribution < -0.4 is 16.0 Å². The van der Waals surface area contributed by atoms with Crippen molar-refractivity contribution in [1.29, 1.82) is 0 Å². The summed E-state index contributed by atoms with van der Waals surface area (Å²) in [5, 5.41) is 3.94. The van der Waals surface area contributed by atoms with Crippen LogP contribution in [0.1, 0.15) is 19.3 Å². The highest BCUT2D eigenvalue weighted by atomic mass is 32.2. The number of carbonyl (C=O) groups excluding carboxylic acids is 1. The normalized spacial score (nSPS) is 15.7. The zero-order chi connectivity index (χ0) is 16.9. The van der Waals surface area contributed by atoms with Crippen LogP contribution in [0.2, 0.25) is 0 Å². The molecule has 0 unspecified atom stereocenters. The lowest BCUT2D eigenvalue weighted by atomic mass is 10.1. The van der Waals surface area contributed by atoms with Gasteiger partial charge in [0, 0.05) is 24.7 Å². The topological polar surface area (TPSA) is 71.2 Å². The Morgan fingerprint density at radius 1 is 1.38 bits per heavy atom. The number of hydrogen-bond acceptors (Lipinski definition) is 5. The molecule has 1 atom stereocenters. The predicted molar refractivity (Wildman–Crippen MR) is 103 cm³/mol. The molecule has 1 aromatic heterocycles. The molecular weight excluding hydrogens is 320 g/mol. The van der Waals surface area contributed by atoms with E-state index in [0.717, 1.165) is 41.1 Å². The maximum Gasteiger partial charge on any atom is 0.241 e. The van der Waals surface area contributed by atoms with E-state index in [0.29, 0.717) is 6.42 Å². The van der Waals surface area contributed by atoms with Crippen LogP contribution in [0.3, 0.4) is 0 Å². The Bertz CT molecular complexity index is 715. The smallest absolute Gasteiger partial charge is 0.241 e. The fraction of sp³-hybridized carbons (Fsp3) is 0.444. The largest absolute Gasteiger partial charge is 0.370 e. The third-order valence-electron chi connectivity index (χ3n) is 4.42. The fourth-order valence-electron chi connectivity index (χ4n) is 3.08. The molecule has 0 spiro atoms. The Kier molecular flexibility index (Phi) is 5.58. The van der Waals surface area contributed by atoms with Crippen LogP contribution in [0.15, 0.2) is 30.5 Å². The molecule has 1 fully saturated rings. The average Bonchev–Trinajstić information content (AvgIpc) is 3.14. The van der Waals surface area contributed by atoms with Crippen molar-refractivity contribution in [2.45, 2.75) is 25.3 Å². The summed E-state index contributed by atoms with van der Waals surface area (Å²) < 4.78 is 0. The highest BCUT2D eigenvalue weighted by Crippen LogP contribution is 2.32. The summed E-state index contributed by atoms with van der Waals surface area (Å²) >= 11 is 1.70. The van der Waals surface area contributed by atoms with Crippen LogP contribution in [-0.2, 0) is 4.79 Å². The molecule has 1 aliphatic rings. The first kappa shape index (κ1) is 17.0. The Labute approximate surface area is 147 Å². The summed E-state index contributed by atoms with van der Waals surface area (Å²) in [6.07, 6.45) is 6.93. The number of amides is 1. The van der Waals surface area contributed by atoms with Crippen molar-refractivity contribution in [3.05, 3.63) is 30.5 Å². The second-order valence-corrected chi connectivity index (χ2v) is 7.09. The molecule has 1 aliphatic heterocycles. The van der Waals surface area contributed by atoms with Gasteiger partial charge in [0.1, 0.15) is 0 Å². The van der Waals surface area contributed by atoms with Crippen molar-refractivity contribution in [2.24, 2.45) is 5.73 Å². The van der Waals surface area contributed by atoms with Gasteiger partial charge in [0.2, 0.25) is 5.91 Å². The molecule has 6 heteroatoms. The monoisotopic (exact) mass is 344 g/mol. The van der Waals surface area contributed by atoms with E-state index >= 15 is 0 Å². The third-order valence-corrected chi connectivity index (χ3v) is 5.07. The highest BCUT2D eigenvalue weighted by molar-refractivity contribution is 7.98. The molecule has 1 saturated heterocycles. The van der Waals surface area contributed by atoms with Gasteiger partial charge >= 0.3 is 0 Å². The van der Waals surface area contributed by atoms with Gasteiger partial charge in [-0.25, -0.2) is 0 Å². The number of thioether (sulfide) groups is 1. The van der Waals surface area contributed by atoms with Gasteiger partial charge in [0.15, 0.2) is 0 Å². The molecule has 2 aromatic rings. The van der Waals surface area contributed by atoms with Gasteiger partial charge in [-0.15, -0.1) is 0 Å². The molecule has 1 amide bonds. The summed E-state index contributed by atoms with van der Waals surface area (Å²) in [5.74, 6) is 0.744. The van der Waals surface area contributed by atoms with E-state index in [9.17, 15) is 4.79 Å². The van der Waals surface area contributed by atoms with E-state index in [4.69, 9.17) is 5.73 Å². The second-order valence-electron chi connectivity index (χ2n) is 6.10. The number of carbonyl (C=O) groups is 1. The standard InChI is InChI=1S/C18H24N4OS/c1-24-12-8-14(19)18(23)21-15-6-7-16(22-10-2-3-11-22)17-13(15)5-4-9-20-17/h4-7,9,14H,2-3,8,10-12,19H2,1H3,(H,21,23)/t14-/m0/s1. The van der Waals surface area contributed by atoms with Gasteiger partial charge in [0.25, 0.3) is 0 Å². The summed E-state index contributed by atoms with van der Waals surface area (Å²) in [5.41, 5.74) is 8.84. The first-order valence-corrected chi connectivity index (χ1v) is 9.78. The van der Waals surface area contributed by atoms with Crippen LogP contribution in [0.4, 0.5) is 11.4 Å². The van der Waals surface area contributed by atoms with Gasteiger partial charge in [-0.05, 0) is 55.5 Å². The molecule has 3 rings (SSSR count). The fourth-order valence-corrected chi connectivity index (χ4v) is 3.57. The van der Waals surface area contributed by atoms with Crippen molar-refractivity contribution < 1.29 is 4.79 Å². The van der Waals surface area contributed by atoms with Crippen LogP contribution >= 0.6 is 11.8 Å². The number of anilines is 2. The van der Waals surface area contributed by atoms with E-state index in [1.54, 1.807) is 18.0 Å². The number of hydrogen-bond donors (Lipinski definition) is 2. The highest BCUT2D eigenvalue weighted by Gasteiger charge is 2.19. The SMILES string of the molecule is CSCC[C@H](N)C(=O)Nc1ccc(N2CCCC2)c2ncccc12. The Morgan fingerprint density at radius 3 is 2.92 bits per heavy atom. The van der Waals surface area contributed by atoms with Gasteiger partial charge < -0.3 is 16.0 Å². The van der Waals surface area contributed by atoms with Gasteiger partial charge in [0.05, 0.1) is 22.9 Å². The lowest BCUT2D eigenvalue weighted by molar-refractivity contribution is -0.117. The van der Waals surface area contributed by atoms with Gasteiger partial charge in [-0.3, -0.25) is 9.78 Å². The van der Waals surface area contributed by atoms with E-state index in [-0.39, 0.29) is 5.91 Å². The van der Waals surface area contributed by atoms with Gasteiger partial charge in [-0.1, -0.05) is 0 Å². The van der Waals surface area contributed by atoms with E-state index < -0.39 is 6.04 Å². The number of fused-ring (bicyclic) bond motifs is 1. The first-order valence-electron chi connectivity index (χ1n) is 8.39. The third kappa shape index (κ3) is 3.65. The molecule has 0 radical (unpaired) electrons. The zero-order valence-electron chi connectivity index (χ0n) is 14.0. The van der Waals surface area contributed by atoms with Crippen molar-refractivity contribution in [2.75, 3.05) is 35.3 Å². The molecule has 0 bridgehead atoms. The lowest BCUT2D eigenvalue weighted by Gasteiger charge is -2.21. The number of benzene rings is 1. The summed E-state index contributed by atoms with van der Waals surface area (Å²) in [4.78, 5) is 19.3. The quantitative estimate of drug-likeness (QED) is 0.843. The summed E-state index contributed by atoms with van der Waals surface area (Å²) in [7, 11) is 0. The maximum absolute atomic E-state index is 12.3. The van der Waals surface area contributed by atoms with Crippen LogP contribution in [-0.4, -0.2) is 42.0 Å². The molecular formula is C18H24N4OS. The first-order chi connectivity index (χ1) is 11.7. The predicted octanol–water partition coefficient (Wildman–Crippen LogP) is 2.85. The number of nitrogens with one attached hydrogen (secondary N) is 1. The minimum absolute atomic E-state index is 0.136. The number of nitrogens with two attached hydrogens (primary N) is 1. The molecule has 0 saturated carbocycles. The number of pyridine rings is 1. The van der Waals surface area contributed by atoms with E-state index in [1.165, 1.54) is 12.8 Å².